The summed E-state index contributed by atoms with van der Waals surface area (Å²) in [6, 6.07) is 6.20. The molecular weight excluding hydrogens is 331 g/mol. The van der Waals surface area contributed by atoms with E-state index in [1.165, 1.54) is 16.0 Å². The molecule has 0 spiro atoms. The van der Waals surface area contributed by atoms with Crippen LogP contribution in [0.25, 0.3) is 10.2 Å². The van der Waals surface area contributed by atoms with Gasteiger partial charge in [0.1, 0.15) is 16.5 Å². The predicted octanol–water partition coefficient (Wildman–Crippen LogP) is 3.47. The molecule has 5 nitrogen and oxygen atoms in total. The van der Waals surface area contributed by atoms with Gasteiger partial charge in [-0.25, -0.2) is 14.2 Å². The maximum absolute atomic E-state index is 14.0. The van der Waals surface area contributed by atoms with Crippen molar-refractivity contribution in [3.63, 3.8) is 0 Å². The van der Waals surface area contributed by atoms with E-state index in [2.05, 4.69) is 4.98 Å². The van der Waals surface area contributed by atoms with E-state index < -0.39 is 17.3 Å². The van der Waals surface area contributed by atoms with E-state index in [0.29, 0.717) is 16.2 Å². The number of thiophene rings is 1. The Morgan fingerprint density at radius 1 is 1.38 bits per heavy atom. The number of benzene rings is 1. The van der Waals surface area contributed by atoms with Crippen molar-refractivity contribution in [3.05, 3.63) is 62.8 Å². The first-order valence-corrected chi connectivity index (χ1v) is 8.26. The van der Waals surface area contributed by atoms with E-state index in [1.54, 1.807) is 18.2 Å². The van der Waals surface area contributed by atoms with Crippen LogP contribution in [-0.2, 0) is 6.54 Å². The van der Waals surface area contributed by atoms with Crippen molar-refractivity contribution in [3.8, 4) is 0 Å². The van der Waals surface area contributed by atoms with E-state index in [4.69, 9.17) is 0 Å². The first-order valence-electron chi connectivity index (χ1n) is 7.38. The van der Waals surface area contributed by atoms with Crippen molar-refractivity contribution in [2.24, 2.45) is 0 Å². The Morgan fingerprint density at radius 2 is 2.08 bits per heavy atom. The summed E-state index contributed by atoms with van der Waals surface area (Å²) in [7, 11) is 0. The van der Waals surface area contributed by atoms with Crippen molar-refractivity contribution < 1.29 is 14.3 Å². The van der Waals surface area contributed by atoms with E-state index in [9.17, 15) is 19.1 Å². The van der Waals surface area contributed by atoms with Gasteiger partial charge in [0, 0.05) is 16.9 Å². The third kappa shape index (κ3) is 2.71. The van der Waals surface area contributed by atoms with Gasteiger partial charge in [0.25, 0.3) is 5.56 Å². The highest BCUT2D eigenvalue weighted by Gasteiger charge is 2.21. The van der Waals surface area contributed by atoms with Crippen molar-refractivity contribution in [1.82, 2.24) is 9.55 Å². The molecule has 0 aliphatic heterocycles. The van der Waals surface area contributed by atoms with Crippen LogP contribution in [0.1, 0.15) is 41.5 Å². The highest BCUT2D eigenvalue weighted by molar-refractivity contribution is 7.17. The number of rotatable bonds is 4. The molecule has 0 atom stereocenters. The van der Waals surface area contributed by atoms with Crippen LogP contribution < -0.4 is 5.56 Å². The lowest BCUT2D eigenvalue weighted by Gasteiger charge is -2.15. The molecule has 2 aromatic heterocycles. The average Bonchev–Trinajstić information content (AvgIpc) is 2.96. The van der Waals surface area contributed by atoms with E-state index >= 15 is 0 Å². The highest BCUT2D eigenvalue weighted by atomic mass is 32.1. The van der Waals surface area contributed by atoms with Crippen molar-refractivity contribution in [1.29, 1.82) is 0 Å². The Balaban J connectivity index is 2.28. The van der Waals surface area contributed by atoms with Gasteiger partial charge in [-0.05, 0) is 6.07 Å². The Morgan fingerprint density at radius 3 is 2.71 bits per heavy atom. The second-order valence-electron chi connectivity index (χ2n) is 5.74. The number of hydrogen-bond acceptors (Lipinski definition) is 4. The topological polar surface area (TPSA) is 72.2 Å². The lowest BCUT2D eigenvalue weighted by Crippen LogP contribution is -2.27. The first kappa shape index (κ1) is 16.3. The Labute approximate surface area is 141 Å². The van der Waals surface area contributed by atoms with Gasteiger partial charge in [-0.1, -0.05) is 32.0 Å². The van der Waals surface area contributed by atoms with Gasteiger partial charge in [-0.3, -0.25) is 9.36 Å². The minimum atomic E-state index is -1.17. The molecule has 0 aliphatic carbocycles. The van der Waals surface area contributed by atoms with E-state index in [1.807, 2.05) is 13.8 Å². The van der Waals surface area contributed by atoms with Gasteiger partial charge in [0.2, 0.25) is 0 Å². The number of nitrogens with zero attached hydrogens (tertiary/aromatic N) is 2. The lowest BCUT2D eigenvalue weighted by atomic mass is 10.1. The van der Waals surface area contributed by atoms with Crippen LogP contribution in [0.2, 0.25) is 0 Å². The van der Waals surface area contributed by atoms with Crippen molar-refractivity contribution >= 4 is 27.5 Å². The number of hydrogen-bond donors (Lipinski definition) is 1. The zero-order valence-corrected chi connectivity index (χ0v) is 13.9. The monoisotopic (exact) mass is 346 g/mol. The smallest absolute Gasteiger partial charge is 0.337 e. The molecule has 7 heteroatoms. The maximum Gasteiger partial charge on any atom is 0.337 e. The van der Waals surface area contributed by atoms with Gasteiger partial charge in [0.05, 0.1) is 17.5 Å². The second-order valence-corrected chi connectivity index (χ2v) is 6.60. The van der Waals surface area contributed by atoms with Gasteiger partial charge in [0.15, 0.2) is 0 Å². The molecule has 2 heterocycles. The maximum atomic E-state index is 14.0. The van der Waals surface area contributed by atoms with Gasteiger partial charge >= 0.3 is 5.97 Å². The van der Waals surface area contributed by atoms with Crippen molar-refractivity contribution in [2.45, 2.75) is 26.3 Å². The van der Waals surface area contributed by atoms with Gasteiger partial charge in [-0.2, -0.15) is 0 Å². The van der Waals surface area contributed by atoms with Crippen LogP contribution in [0.3, 0.4) is 0 Å². The molecule has 0 radical (unpaired) electrons. The average molecular weight is 346 g/mol. The molecule has 3 rings (SSSR count). The van der Waals surface area contributed by atoms with Crippen LogP contribution in [0, 0.1) is 5.82 Å². The molecule has 1 aromatic carbocycles. The number of fused-ring (bicyclic) bond motifs is 1. The minimum Gasteiger partial charge on any atom is -0.478 e. The molecule has 0 saturated carbocycles. The normalized spacial score (nSPS) is 11.3. The van der Waals surface area contributed by atoms with E-state index in [-0.39, 0.29) is 23.4 Å². The van der Waals surface area contributed by atoms with Gasteiger partial charge < -0.3 is 5.11 Å². The third-order valence-corrected chi connectivity index (χ3v) is 4.63. The predicted molar refractivity (Wildman–Crippen MR) is 90.4 cm³/mol. The number of aromatic carboxylic acids is 1. The molecule has 3 aromatic rings. The van der Waals surface area contributed by atoms with Crippen LogP contribution in [0.15, 0.2) is 34.4 Å². The number of carbonyl (C=O) groups is 1. The molecule has 0 bridgehead atoms. The lowest BCUT2D eigenvalue weighted by molar-refractivity contribution is 0.0699. The first-order chi connectivity index (χ1) is 11.4. The molecule has 0 fully saturated rings. The van der Waals surface area contributed by atoms with Crippen molar-refractivity contribution in [2.75, 3.05) is 0 Å². The number of aromatic nitrogens is 2. The fraction of sp³-hybridized carbons (Fsp3) is 0.235. The quantitative estimate of drug-likeness (QED) is 0.785. The number of halogens is 1. The van der Waals surface area contributed by atoms with E-state index in [0.717, 1.165) is 11.3 Å². The summed E-state index contributed by atoms with van der Waals surface area (Å²) in [4.78, 5) is 29.1. The second kappa shape index (κ2) is 6.16. The minimum absolute atomic E-state index is 0.0108. The van der Waals surface area contributed by atoms with Crippen LogP contribution in [0.4, 0.5) is 4.39 Å². The van der Waals surface area contributed by atoms with Crippen LogP contribution in [-0.4, -0.2) is 20.6 Å². The largest absolute Gasteiger partial charge is 0.478 e. The molecule has 124 valence electrons. The fourth-order valence-electron chi connectivity index (χ4n) is 2.59. The summed E-state index contributed by atoms with van der Waals surface area (Å²) in [5, 5.41) is 10.8. The molecular formula is C17H15FN2O3S. The molecule has 24 heavy (non-hydrogen) atoms. The standard InChI is InChI=1S/C17H15FN2O3S/c1-9(2)14-19-15-13(11(8-24-15)17(22)23)16(21)20(14)7-10-5-3-4-6-12(10)18/h3-6,8-9H,7H2,1-2H3,(H,22,23). The summed E-state index contributed by atoms with van der Waals surface area (Å²) < 4.78 is 15.3. The Hall–Kier alpha value is -2.54. The molecule has 0 aliphatic rings. The molecule has 0 saturated heterocycles. The van der Waals surface area contributed by atoms with Crippen LogP contribution >= 0.6 is 11.3 Å². The Kier molecular flexibility index (Phi) is 4.19. The van der Waals surface area contributed by atoms with Crippen LogP contribution in [0.5, 0.6) is 0 Å². The zero-order valence-electron chi connectivity index (χ0n) is 13.1. The molecule has 0 unspecified atom stereocenters. The summed E-state index contributed by atoms with van der Waals surface area (Å²) in [5.41, 5.74) is -0.162. The zero-order chi connectivity index (χ0) is 17.4. The van der Waals surface area contributed by atoms with Gasteiger partial charge in [-0.15, -0.1) is 11.3 Å². The molecule has 1 N–H and O–H groups in total. The SMILES string of the molecule is CC(C)c1nc2scc(C(=O)O)c2c(=O)n1Cc1ccccc1F. The summed E-state index contributed by atoms with van der Waals surface area (Å²) >= 11 is 1.13. The Bertz CT molecular complexity index is 991. The summed E-state index contributed by atoms with van der Waals surface area (Å²) in [6.45, 7) is 3.78. The fourth-order valence-corrected chi connectivity index (χ4v) is 3.50. The third-order valence-electron chi connectivity index (χ3n) is 3.76. The summed E-state index contributed by atoms with van der Waals surface area (Å²) in [6.07, 6.45) is 0. The highest BCUT2D eigenvalue weighted by Crippen LogP contribution is 2.24. The number of carboxylic acid groups (broad SMARTS) is 1. The summed E-state index contributed by atoms with van der Waals surface area (Å²) in [5.74, 6) is -1.14. The number of carboxylic acids is 1. The molecule has 0 amide bonds.